The van der Waals surface area contributed by atoms with Gasteiger partial charge in [-0.3, -0.25) is 4.79 Å². The molecular weight excluding hydrogens is 266 g/mol. The molecule has 0 aromatic heterocycles. The first-order chi connectivity index (χ1) is 9.80. The molecular formula is C16H25N3O2. The number of carbonyl (C=O) groups is 1. The molecule has 5 heteroatoms. The molecule has 1 aromatic carbocycles. The van der Waals surface area contributed by atoms with Crippen molar-refractivity contribution in [3.8, 4) is 5.75 Å². The Labute approximate surface area is 126 Å². The Morgan fingerprint density at radius 1 is 1.19 bits per heavy atom. The Kier molecular flexibility index (Phi) is 4.42. The number of hydrogen-bond donors (Lipinski definition) is 2. The van der Waals surface area contributed by atoms with E-state index in [9.17, 15) is 9.90 Å². The van der Waals surface area contributed by atoms with Crippen LogP contribution in [-0.2, 0) is 4.79 Å². The zero-order chi connectivity index (χ0) is 15.6. The average Bonchev–Trinajstić information content (AvgIpc) is 2.45. The summed E-state index contributed by atoms with van der Waals surface area (Å²) < 4.78 is 0. The molecule has 2 rings (SSSR count). The summed E-state index contributed by atoms with van der Waals surface area (Å²) in [4.78, 5) is 16.3. The van der Waals surface area contributed by atoms with Gasteiger partial charge >= 0.3 is 0 Å². The SMILES string of the molecule is CC(C)(C)[C@@H](N)C(=O)N1CCN(c2ccccc2O)CC1. The summed E-state index contributed by atoms with van der Waals surface area (Å²) >= 11 is 0. The highest BCUT2D eigenvalue weighted by atomic mass is 16.3. The van der Waals surface area contributed by atoms with Crippen molar-refractivity contribution >= 4 is 11.6 Å². The largest absolute Gasteiger partial charge is 0.506 e. The van der Waals surface area contributed by atoms with E-state index < -0.39 is 6.04 Å². The van der Waals surface area contributed by atoms with Crippen molar-refractivity contribution in [2.45, 2.75) is 26.8 Å². The average molecular weight is 291 g/mol. The number of phenolic OH excluding ortho intramolecular Hbond substituents is 1. The number of rotatable bonds is 2. The lowest BCUT2D eigenvalue weighted by Gasteiger charge is -2.39. The Morgan fingerprint density at radius 3 is 2.29 bits per heavy atom. The van der Waals surface area contributed by atoms with Crippen LogP contribution in [0.25, 0.3) is 0 Å². The molecule has 1 aliphatic rings. The molecule has 1 heterocycles. The van der Waals surface area contributed by atoms with Crippen LogP contribution in [0.15, 0.2) is 24.3 Å². The van der Waals surface area contributed by atoms with Crippen LogP contribution in [0.2, 0.25) is 0 Å². The smallest absolute Gasteiger partial charge is 0.240 e. The third kappa shape index (κ3) is 3.47. The molecule has 1 saturated heterocycles. The molecule has 0 spiro atoms. The van der Waals surface area contributed by atoms with Gasteiger partial charge in [0.2, 0.25) is 5.91 Å². The Bertz CT molecular complexity index is 502. The zero-order valence-corrected chi connectivity index (χ0v) is 13.0. The molecule has 3 N–H and O–H groups in total. The van der Waals surface area contributed by atoms with E-state index in [1.54, 1.807) is 12.1 Å². The van der Waals surface area contributed by atoms with Crippen LogP contribution in [0, 0.1) is 5.41 Å². The molecule has 0 unspecified atom stereocenters. The summed E-state index contributed by atoms with van der Waals surface area (Å²) in [7, 11) is 0. The second-order valence-electron chi connectivity index (χ2n) is 6.64. The van der Waals surface area contributed by atoms with Crippen molar-refractivity contribution in [3.05, 3.63) is 24.3 Å². The highest BCUT2D eigenvalue weighted by Crippen LogP contribution is 2.27. The fourth-order valence-corrected chi connectivity index (χ4v) is 2.47. The van der Waals surface area contributed by atoms with Crippen molar-refractivity contribution < 1.29 is 9.90 Å². The van der Waals surface area contributed by atoms with Crippen LogP contribution < -0.4 is 10.6 Å². The van der Waals surface area contributed by atoms with Gasteiger partial charge in [0.15, 0.2) is 0 Å². The lowest BCUT2D eigenvalue weighted by molar-refractivity contribution is -0.135. The van der Waals surface area contributed by atoms with Gasteiger partial charge in [-0.15, -0.1) is 0 Å². The minimum Gasteiger partial charge on any atom is -0.506 e. The molecule has 1 amide bonds. The number of piperazine rings is 1. The molecule has 0 bridgehead atoms. The fourth-order valence-electron chi connectivity index (χ4n) is 2.47. The van der Waals surface area contributed by atoms with Crippen LogP contribution in [0.3, 0.4) is 0 Å². The first-order valence-electron chi connectivity index (χ1n) is 7.38. The number of amides is 1. The van der Waals surface area contributed by atoms with E-state index in [1.165, 1.54) is 0 Å². The van der Waals surface area contributed by atoms with Crippen LogP contribution in [0.5, 0.6) is 5.75 Å². The van der Waals surface area contributed by atoms with E-state index in [0.29, 0.717) is 26.2 Å². The standard InChI is InChI=1S/C16H25N3O2/c1-16(2,3)14(17)15(21)19-10-8-18(9-11-19)12-6-4-5-7-13(12)20/h4-7,14,20H,8-11,17H2,1-3H3/t14-/m0/s1. The van der Waals surface area contributed by atoms with Crippen LogP contribution in [0.1, 0.15) is 20.8 Å². The fraction of sp³-hybridized carbons (Fsp3) is 0.562. The normalized spacial score (nSPS) is 17.7. The Morgan fingerprint density at radius 2 is 1.76 bits per heavy atom. The minimum absolute atomic E-state index is 0.0134. The van der Waals surface area contributed by atoms with E-state index in [4.69, 9.17) is 5.73 Å². The predicted molar refractivity (Wildman–Crippen MR) is 84.3 cm³/mol. The summed E-state index contributed by atoms with van der Waals surface area (Å²) in [6, 6.07) is 6.81. The molecule has 0 aliphatic carbocycles. The van der Waals surface area contributed by atoms with E-state index in [1.807, 2.05) is 37.8 Å². The highest BCUT2D eigenvalue weighted by Gasteiger charge is 2.32. The number of para-hydroxylation sites is 2. The summed E-state index contributed by atoms with van der Waals surface area (Å²) in [5, 5.41) is 9.89. The number of hydrogen-bond acceptors (Lipinski definition) is 4. The summed E-state index contributed by atoms with van der Waals surface area (Å²) in [5.41, 5.74) is 6.64. The maximum Gasteiger partial charge on any atom is 0.240 e. The van der Waals surface area contributed by atoms with Crippen LogP contribution in [-0.4, -0.2) is 48.1 Å². The minimum atomic E-state index is -0.478. The molecule has 5 nitrogen and oxygen atoms in total. The molecule has 0 radical (unpaired) electrons. The molecule has 1 atom stereocenters. The molecule has 21 heavy (non-hydrogen) atoms. The van der Waals surface area contributed by atoms with Crippen LogP contribution >= 0.6 is 0 Å². The lowest BCUT2D eigenvalue weighted by Crippen LogP contribution is -2.56. The first-order valence-corrected chi connectivity index (χ1v) is 7.38. The lowest BCUT2D eigenvalue weighted by atomic mass is 9.86. The second kappa shape index (κ2) is 5.93. The van der Waals surface area contributed by atoms with Gasteiger partial charge in [-0.05, 0) is 17.5 Å². The van der Waals surface area contributed by atoms with Gasteiger partial charge < -0.3 is 20.6 Å². The number of anilines is 1. The van der Waals surface area contributed by atoms with Crippen molar-refractivity contribution in [2.24, 2.45) is 11.1 Å². The molecule has 1 fully saturated rings. The van der Waals surface area contributed by atoms with Gasteiger partial charge in [0.05, 0.1) is 11.7 Å². The Balaban J connectivity index is 1.98. The molecule has 1 aliphatic heterocycles. The molecule has 1 aromatic rings. The van der Waals surface area contributed by atoms with E-state index in [2.05, 4.69) is 4.90 Å². The third-order valence-electron chi connectivity index (χ3n) is 4.01. The van der Waals surface area contributed by atoms with Gasteiger partial charge in [-0.25, -0.2) is 0 Å². The second-order valence-corrected chi connectivity index (χ2v) is 6.64. The van der Waals surface area contributed by atoms with E-state index >= 15 is 0 Å². The number of aromatic hydroxyl groups is 1. The first kappa shape index (κ1) is 15.6. The van der Waals surface area contributed by atoms with Gasteiger partial charge in [-0.1, -0.05) is 32.9 Å². The summed E-state index contributed by atoms with van der Waals surface area (Å²) in [6.07, 6.45) is 0. The van der Waals surface area contributed by atoms with Gasteiger partial charge in [0, 0.05) is 26.2 Å². The van der Waals surface area contributed by atoms with E-state index in [-0.39, 0.29) is 17.1 Å². The Hall–Kier alpha value is -1.75. The summed E-state index contributed by atoms with van der Waals surface area (Å²) in [5.74, 6) is 0.295. The predicted octanol–water partition coefficient (Wildman–Crippen LogP) is 1.41. The van der Waals surface area contributed by atoms with Crippen molar-refractivity contribution in [2.75, 3.05) is 31.1 Å². The number of benzene rings is 1. The van der Waals surface area contributed by atoms with Crippen molar-refractivity contribution in [1.29, 1.82) is 0 Å². The number of phenols is 1. The highest BCUT2D eigenvalue weighted by molar-refractivity contribution is 5.82. The van der Waals surface area contributed by atoms with Crippen LogP contribution in [0.4, 0.5) is 5.69 Å². The van der Waals surface area contributed by atoms with Gasteiger partial charge in [-0.2, -0.15) is 0 Å². The van der Waals surface area contributed by atoms with Gasteiger partial charge in [0.1, 0.15) is 5.75 Å². The third-order valence-corrected chi connectivity index (χ3v) is 4.01. The number of nitrogens with zero attached hydrogens (tertiary/aromatic N) is 2. The molecule has 116 valence electrons. The number of carbonyl (C=O) groups excluding carboxylic acids is 1. The zero-order valence-electron chi connectivity index (χ0n) is 13.0. The van der Waals surface area contributed by atoms with Crippen molar-refractivity contribution in [1.82, 2.24) is 4.90 Å². The van der Waals surface area contributed by atoms with Gasteiger partial charge in [0.25, 0.3) is 0 Å². The molecule has 0 saturated carbocycles. The van der Waals surface area contributed by atoms with E-state index in [0.717, 1.165) is 5.69 Å². The quantitative estimate of drug-likeness (QED) is 0.864. The van der Waals surface area contributed by atoms with Crippen molar-refractivity contribution in [3.63, 3.8) is 0 Å². The maximum atomic E-state index is 12.4. The summed E-state index contributed by atoms with van der Waals surface area (Å²) in [6.45, 7) is 8.63. The maximum absolute atomic E-state index is 12.4. The topological polar surface area (TPSA) is 69.8 Å². The number of nitrogens with two attached hydrogens (primary N) is 1. The monoisotopic (exact) mass is 291 g/mol.